The van der Waals surface area contributed by atoms with E-state index in [1.807, 2.05) is 24.3 Å². The van der Waals surface area contributed by atoms with Crippen molar-refractivity contribution in [1.29, 1.82) is 0 Å². The molecule has 1 aliphatic rings. The molecule has 1 atom stereocenters. The van der Waals surface area contributed by atoms with Gasteiger partial charge in [-0.25, -0.2) is 4.39 Å². The van der Waals surface area contributed by atoms with Gasteiger partial charge < -0.3 is 0 Å². The predicted octanol–water partition coefficient (Wildman–Crippen LogP) is 4.37. The minimum absolute atomic E-state index is 0.0620. The molecule has 20 heavy (non-hydrogen) atoms. The summed E-state index contributed by atoms with van der Waals surface area (Å²) in [5, 5.41) is -0.174. The lowest BCUT2D eigenvalue weighted by molar-refractivity contribution is -0.115. The maximum absolute atomic E-state index is 14.0. The van der Waals surface area contributed by atoms with Crippen LogP contribution in [0.25, 0.3) is 0 Å². The van der Waals surface area contributed by atoms with Crippen LogP contribution in [0.2, 0.25) is 0 Å². The summed E-state index contributed by atoms with van der Waals surface area (Å²) in [6.07, 6.45) is 0. The van der Waals surface area contributed by atoms with Gasteiger partial charge in [-0.1, -0.05) is 40.2 Å². The lowest BCUT2D eigenvalue weighted by atomic mass is 10.2. The Bertz CT molecular complexity index is 647. The fourth-order valence-corrected chi connectivity index (χ4v) is 3.64. The van der Waals surface area contributed by atoms with Crippen LogP contribution in [-0.4, -0.2) is 11.7 Å². The van der Waals surface area contributed by atoms with Crippen LogP contribution in [0.3, 0.4) is 0 Å². The minimum Gasteiger partial charge on any atom is -0.292 e. The van der Waals surface area contributed by atoms with Crippen LogP contribution in [0.1, 0.15) is 10.9 Å². The molecule has 1 aliphatic heterocycles. The van der Waals surface area contributed by atoms with Gasteiger partial charge in [0, 0.05) is 4.47 Å². The van der Waals surface area contributed by atoms with E-state index >= 15 is 0 Å². The van der Waals surface area contributed by atoms with Crippen LogP contribution in [-0.2, 0) is 4.79 Å². The van der Waals surface area contributed by atoms with Gasteiger partial charge in [0.1, 0.15) is 11.2 Å². The number of hydrogen-bond acceptors (Lipinski definition) is 2. The van der Waals surface area contributed by atoms with Gasteiger partial charge in [-0.3, -0.25) is 9.69 Å². The van der Waals surface area contributed by atoms with Gasteiger partial charge in [0.2, 0.25) is 5.91 Å². The second kappa shape index (κ2) is 5.58. The first kappa shape index (κ1) is 13.6. The summed E-state index contributed by atoms with van der Waals surface area (Å²) in [6.45, 7) is 0. The number of nitrogens with zero attached hydrogens (tertiary/aromatic N) is 1. The molecule has 0 aromatic heterocycles. The summed E-state index contributed by atoms with van der Waals surface area (Å²) < 4.78 is 14.9. The number of benzene rings is 2. The third-order valence-corrected chi connectivity index (χ3v) is 4.88. The Morgan fingerprint density at radius 2 is 1.85 bits per heavy atom. The highest BCUT2D eigenvalue weighted by molar-refractivity contribution is 9.10. The summed E-state index contributed by atoms with van der Waals surface area (Å²) in [5.41, 5.74) is 1.34. The van der Waals surface area contributed by atoms with E-state index in [1.54, 1.807) is 23.1 Å². The zero-order valence-corrected chi connectivity index (χ0v) is 12.8. The summed E-state index contributed by atoms with van der Waals surface area (Å²) in [4.78, 5) is 13.7. The van der Waals surface area contributed by atoms with Gasteiger partial charge in [0.15, 0.2) is 0 Å². The van der Waals surface area contributed by atoms with Crippen molar-refractivity contribution in [3.63, 3.8) is 0 Å². The summed E-state index contributed by atoms with van der Waals surface area (Å²) in [5.74, 6) is -0.0619. The molecule has 5 heteroatoms. The molecule has 0 saturated carbocycles. The molecule has 0 N–H and O–H groups in total. The lowest BCUT2D eigenvalue weighted by Crippen LogP contribution is -2.28. The Morgan fingerprint density at radius 1 is 1.15 bits per heavy atom. The first-order chi connectivity index (χ1) is 9.66. The van der Waals surface area contributed by atoms with Crippen molar-refractivity contribution in [2.45, 2.75) is 5.37 Å². The average Bonchev–Trinajstić information content (AvgIpc) is 2.82. The molecular formula is C15H11BrFNOS. The summed E-state index contributed by atoms with van der Waals surface area (Å²) in [7, 11) is 0. The number of carbonyl (C=O) groups excluding carboxylic acids is 1. The second-order valence-electron chi connectivity index (χ2n) is 4.43. The number of hydrogen-bond donors (Lipinski definition) is 0. The quantitative estimate of drug-likeness (QED) is 0.800. The van der Waals surface area contributed by atoms with Crippen molar-refractivity contribution in [3.8, 4) is 0 Å². The van der Waals surface area contributed by atoms with Gasteiger partial charge in [0.05, 0.1) is 11.4 Å². The van der Waals surface area contributed by atoms with Gasteiger partial charge in [-0.05, 0) is 29.8 Å². The zero-order valence-electron chi connectivity index (χ0n) is 10.4. The largest absolute Gasteiger partial charge is 0.292 e. The molecule has 0 aliphatic carbocycles. The van der Waals surface area contributed by atoms with Crippen molar-refractivity contribution >= 4 is 39.3 Å². The van der Waals surface area contributed by atoms with Gasteiger partial charge in [-0.15, -0.1) is 11.8 Å². The molecule has 2 aromatic carbocycles. The minimum atomic E-state index is -0.370. The Balaban J connectivity index is 2.01. The Morgan fingerprint density at radius 3 is 2.55 bits per heavy atom. The smallest absolute Gasteiger partial charge is 0.238 e. The normalized spacial score (nSPS) is 18.6. The molecule has 3 rings (SSSR count). The van der Waals surface area contributed by atoms with Gasteiger partial charge in [-0.2, -0.15) is 0 Å². The highest BCUT2D eigenvalue weighted by Gasteiger charge is 2.35. The van der Waals surface area contributed by atoms with E-state index in [1.165, 1.54) is 17.8 Å². The van der Waals surface area contributed by atoms with E-state index in [4.69, 9.17) is 0 Å². The standard InChI is InChI=1S/C15H11BrFNOS/c16-11-7-5-10(6-8-11)15-18(14(19)9-20-15)13-4-2-1-3-12(13)17/h1-8,15H,9H2/t15-/m1/s1. The van der Waals surface area contributed by atoms with Crippen molar-refractivity contribution in [2.24, 2.45) is 0 Å². The van der Waals surface area contributed by atoms with Crippen molar-refractivity contribution in [1.82, 2.24) is 0 Å². The van der Waals surface area contributed by atoms with Crippen LogP contribution in [0.15, 0.2) is 53.0 Å². The molecule has 2 nitrogen and oxygen atoms in total. The molecular weight excluding hydrogens is 341 g/mol. The number of thioether (sulfide) groups is 1. The topological polar surface area (TPSA) is 20.3 Å². The zero-order chi connectivity index (χ0) is 14.1. The summed E-state index contributed by atoms with van der Waals surface area (Å²) >= 11 is 4.91. The Hall–Kier alpha value is -1.33. The number of amides is 1. The van der Waals surface area contributed by atoms with E-state index < -0.39 is 0 Å². The number of halogens is 2. The van der Waals surface area contributed by atoms with Gasteiger partial charge in [0.25, 0.3) is 0 Å². The van der Waals surface area contributed by atoms with E-state index in [-0.39, 0.29) is 17.1 Å². The van der Waals surface area contributed by atoms with Crippen LogP contribution >= 0.6 is 27.7 Å². The molecule has 1 amide bonds. The Labute approximate surface area is 129 Å². The van der Waals surface area contributed by atoms with Crippen LogP contribution in [0, 0.1) is 5.82 Å². The monoisotopic (exact) mass is 351 g/mol. The molecule has 0 radical (unpaired) electrons. The fourth-order valence-electron chi connectivity index (χ4n) is 2.21. The SMILES string of the molecule is O=C1CS[C@H](c2ccc(Br)cc2)N1c1ccccc1F. The third-order valence-electron chi connectivity index (χ3n) is 3.14. The van der Waals surface area contributed by atoms with E-state index in [9.17, 15) is 9.18 Å². The van der Waals surface area contributed by atoms with Crippen LogP contribution in [0.5, 0.6) is 0 Å². The third kappa shape index (κ3) is 2.47. The second-order valence-corrected chi connectivity index (χ2v) is 6.41. The predicted molar refractivity (Wildman–Crippen MR) is 83.2 cm³/mol. The van der Waals surface area contributed by atoms with Crippen molar-refractivity contribution < 1.29 is 9.18 Å². The Kier molecular flexibility index (Phi) is 3.81. The first-order valence-corrected chi connectivity index (χ1v) is 7.94. The van der Waals surface area contributed by atoms with Crippen LogP contribution < -0.4 is 4.90 Å². The fraction of sp³-hybridized carbons (Fsp3) is 0.133. The maximum atomic E-state index is 14.0. The van der Waals surface area contributed by atoms with E-state index in [0.717, 1.165) is 10.0 Å². The van der Waals surface area contributed by atoms with Gasteiger partial charge >= 0.3 is 0 Å². The average molecular weight is 352 g/mol. The van der Waals surface area contributed by atoms with Crippen molar-refractivity contribution in [2.75, 3.05) is 10.7 Å². The highest BCUT2D eigenvalue weighted by atomic mass is 79.9. The molecule has 0 spiro atoms. The van der Waals surface area contributed by atoms with E-state index in [0.29, 0.717) is 11.4 Å². The molecule has 1 fully saturated rings. The number of carbonyl (C=O) groups is 1. The van der Waals surface area contributed by atoms with Crippen LogP contribution in [0.4, 0.5) is 10.1 Å². The molecule has 1 heterocycles. The number of rotatable bonds is 2. The van der Waals surface area contributed by atoms with Crippen molar-refractivity contribution in [3.05, 3.63) is 64.4 Å². The number of anilines is 1. The molecule has 2 aromatic rings. The summed E-state index contributed by atoms with van der Waals surface area (Å²) in [6, 6.07) is 14.2. The van der Waals surface area contributed by atoms with E-state index in [2.05, 4.69) is 15.9 Å². The highest BCUT2D eigenvalue weighted by Crippen LogP contribution is 2.42. The molecule has 1 saturated heterocycles. The number of para-hydroxylation sites is 1. The maximum Gasteiger partial charge on any atom is 0.238 e. The molecule has 0 unspecified atom stereocenters. The first-order valence-electron chi connectivity index (χ1n) is 6.10. The molecule has 102 valence electrons. The molecule has 0 bridgehead atoms. The lowest BCUT2D eigenvalue weighted by Gasteiger charge is -2.24.